The smallest absolute Gasteiger partial charge is 0.231 e. The molecule has 0 radical (unpaired) electrons. The summed E-state index contributed by atoms with van der Waals surface area (Å²) in [6.45, 7) is 0.630. The number of nitrogens with zero attached hydrogens (tertiary/aromatic N) is 3. The molecule has 0 aromatic carbocycles. The van der Waals surface area contributed by atoms with Gasteiger partial charge in [0.05, 0.1) is 17.8 Å². The number of carbonyl (C=O) groups excluding carboxylic acids is 1. The van der Waals surface area contributed by atoms with Crippen LogP contribution >= 0.6 is 11.6 Å². The van der Waals surface area contributed by atoms with Crippen molar-refractivity contribution in [1.82, 2.24) is 14.8 Å². The van der Waals surface area contributed by atoms with Gasteiger partial charge in [0.25, 0.3) is 0 Å². The molecule has 2 aromatic rings. The van der Waals surface area contributed by atoms with Gasteiger partial charge in [-0.3, -0.25) is 9.78 Å². The summed E-state index contributed by atoms with van der Waals surface area (Å²) < 4.78 is 37.8. The molecule has 0 bridgehead atoms. The van der Waals surface area contributed by atoms with Gasteiger partial charge in [-0.05, 0) is 30.4 Å². The minimum atomic E-state index is -3.89. The Bertz CT molecular complexity index is 1030. The largest absolute Gasteiger partial charge is 0.474 e. The number of Topliss-reactive ketones (excluding diaryl/α,β-unsaturated/α-hetero) is 1. The molecular formula is C18H20ClN3O5S. The van der Waals surface area contributed by atoms with Crippen LogP contribution in [-0.4, -0.2) is 54.5 Å². The Labute approximate surface area is 167 Å². The van der Waals surface area contributed by atoms with Gasteiger partial charge in [0.1, 0.15) is 23.4 Å². The molecule has 0 saturated carbocycles. The van der Waals surface area contributed by atoms with Crippen LogP contribution < -0.4 is 4.74 Å². The molecule has 2 aliphatic rings. The van der Waals surface area contributed by atoms with Gasteiger partial charge < -0.3 is 9.47 Å². The number of aryl methyl sites for hydroxylation is 1. The molecule has 28 heavy (non-hydrogen) atoms. The van der Waals surface area contributed by atoms with Crippen LogP contribution in [0.25, 0.3) is 0 Å². The van der Waals surface area contributed by atoms with E-state index in [9.17, 15) is 13.2 Å². The molecule has 3 heterocycles. The van der Waals surface area contributed by atoms with Crippen molar-refractivity contribution in [1.29, 1.82) is 0 Å². The first-order valence-electron chi connectivity index (χ1n) is 9.00. The van der Waals surface area contributed by atoms with Crippen LogP contribution in [0.15, 0.2) is 17.3 Å². The highest BCUT2D eigenvalue weighted by Crippen LogP contribution is 2.31. The zero-order valence-electron chi connectivity index (χ0n) is 15.4. The number of rotatable bonds is 6. The molecule has 1 aliphatic carbocycles. The number of hydrogen-bond donors (Lipinski definition) is 0. The van der Waals surface area contributed by atoms with Crippen molar-refractivity contribution in [3.8, 4) is 5.88 Å². The van der Waals surface area contributed by atoms with Crippen LogP contribution in [-0.2, 0) is 45.2 Å². The van der Waals surface area contributed by atoms with E-state index in [2.05, 4.69) is 10.1 Å². The fraction of sp³-hybridized carbons (Fsp3) is 0.500. The summed E-state index contributed by atoms with van der Waals surface area (Å²) in [5.41, 5.74) is 2.62. The summed E-state index contributed by atoms with van der Waals surface area (Å²) in [4.78, 5) is 16.8. The molecule has 0 N–H and O–H groups in total. The van der Waals surface area contributed by atoms with Crippen molar-refractivity contribution >= 4 is 27.2 Å². The van der Waals surface area contributed by atoms with Crippen LogP contribution in [0, 0.1) is 0 Å². The number of pyridine rings is 1. The van der Waals surface area contributed by atoms with Gasteiger partial charge in [-0.2, -0.15) is 5.10 Å². The number of hydrogen-bond acceptors (Lipinski definition) is 7. The van der Waals surface area contributed by atoms with Crippen molar-refractivity contribution in [2.45, 2.75) is 43.2 Å². The molecule has 0 amide bonds. The summed E-state index contributed by atoms with van der Waals surface area (Å²) in [5, 5.41) is 4.47. The first kappa shape index (κ1) is 19.4. The Hall–Kier alpha value is -1.97. The lowest BCUT2D eigenvalue weighted by molar-refractivity contribution is -0.116. The molecule has 1 unspecified atom stereocenters. The van der Waals surface area contributed by atoms with Gasteiger partial charge >= 0.3 is 0 Å². The summed E-state index contributed by atoms with van der Waals surface area (Å²) in [6.07, 6.45) is 5.17. The Morgan fingerprint density at radius 2 is 2.21 bits per heavy atom. The van der Waals surface area contributed by atoms with E-state index in [0.29, 0.717) is 17.1 Å². The Balaban J connectivity index is 1.53. The van der Waals surface area contributed by atoms with Gasteiger partial charge in [0.2, 0.25) is 5.88 Å². The molecule has 1 atom stereocenters. The third-order valence-corrected chi connectivity index (χ3v) is 7.09. The zero-order valence-corrected chi connectivity index (χ0v) is 16.9. The number of halogens is 1. The minimum absolute atomic E-state index is 0.0288. The molecule has 0 fully saturated rings. The van der Waals surface area contributed by atoms with Crippen LogP contribution in [0.1, 0.15) is 23.2 Å². The fourth-order valence-corrected chi connectivity index (χ4v) is 5.24. The highest BCUT2D eigenvalue weighted by atomic mass is 35.5. The number of carbonyl (C=O) groups is 1. The van der Waals surface area contributed by atoms with Crippen molar-refractivity contribution in [2.75, 3.05) is 19.5 Å². The van der Waals surface area contributed by atoms with Gasteiger partial charge in [0, 0.05) is 25.4 Å². The monoisotopic (exact) mass is 425 g/mol. The second-order valence-electron chi connectivity index (χ2n) is 7.00. The average molecular weight is 426 g/mol. The van der Waals surface area contributed by atoms with E-state index in [4.69, 9.17) is 21.1 Å². The normalized spacial score (nSPS) is 18.4. The molecule has 150 valence electrons. The van der Waals surface area contributed by atoms with Crippen molar-refractivity contribution in [3.05, 3.63) is 34.2 Å². The molecule has 0 saturated heterocycles. The van der Waals surface area contributed by atoms with Crippen molar-refractivity contribution in [2.24, 2.45) is 0 Å². The van der Waals surface area contributed by atoms with Crippen LogP contribution in [0.2, 0.25) is 5.02 Å². The molecule has 8 nitrogen and oxygen atoms in total. The number of methoxy groups -OCH3 is 1. The predicted octanol–water partition coefficient (Wildman–Crippen LogP) is 1.41. The topological polar surface area (TPSA) is 100 Å². The molecular weight excluding hydrogens is 406 g/mol. The maximum atomic E-state index is 12.8. The first-order chi connectivity index (χ1) is 13.4. The second kappa shape index (κ2) is 7.46. The third-order valence-electron chi connectivity index (χ3n) is 5.11. The summed E-state index contributed by atoms with van der Waals surface area (Å²) >= 11 is 6.24. The Morgan fingerprint density at radius 1 is 1.39 bits per heavy atom. The van der Waals surface area contributed by atoms with E-state index in [1.54, 1.807) is 7.11 Å². The summed E-state index contributed by atoms with van der Waals surface area (Å²) in [7, 11) is -2.33. The fourth-order valence-electron chi connectivity index (χ4n) is 3.69. The lowest BCUT2D eigenvalue weighted by atomic mass is 10.0. The summed E-state index contributed by atoms with van der Waals surface area (Å²) in [6, 6.07) is 0. The summed E-state index contributed by atoms with van der Waals surface area (Å²) in [5.74, 6) is -0.896. The van der Waals surface area contributed by atoms with Gasteiger partial charge in [0.15, 0.2) is 15.6 Å². The number of aromatic nitrogens is 3. The average Bonchev–Trinajstić information content (AvgIpc) is 3.30. The predicted molar refractivity (Wildman–Crippen MR) is 101 cm³/mol. The molecule has 10 heteroatoms. The quantitative estimate of drug-likeness (QED) is 0.689. The standard InChI is InChI=1S/C18H20ClN3O5S/c1-26-12-8-22-18(27-9-12)17(7-21-22)28(24,25)10-11(23)5-14-13-3-2-4-16(13)20-6-15(14)19/h6-7,12H,2-5,8-10H2,1H3. The van der Waals surface area contributed by atoms with E-state index in [-0.39, 0.29) is 29.9 Å². The zero-order chi connectivity index (χ0) is 19.9. The van der Waals surface area contributed by atoms with Crippen molar-refractivity contribution in [3.63, 3.8) is 0 Å². The van der Waals surface area contributed by atoms with E-state index < -0.39 is 21.4 Å². The minimum Gasteiger partial charge on any atom is -0.474 e. The molecule has 0 spiro atoms. The van der Waals surface area contributed by atoms with E-state index in [1.807, 2.05) is 0 Å². The van der Waals surface area contributed by atoms with Gasteiger partial charge in [-0.25, -0.2) is 13.1 Å². The number of sulfone groups is 1. The highest BCUT2D eigenvalue weighted by molar-refractivity contribution is 7.92. The van der Waals surface area contributed by atoms with Gasteiger partial charge in [-0.15, -0.1) is 0 Å². The lowest BCUT2D eigenvalue weighted by Crippen LogP contribution is -2.32. The maximum Gasteiger partial charge on any atom is 0.231 e. The molecule has 1 aliphatic heterocycles. The van der Waals surface area contributed by atoms with Gasteiger partial charge in [-0.1, -0.05) is 11.6 Å². The highest BCUT2D eigenvalue weighted by Gasteiger charge is 2.31. The second-order valence-corrected chi connectivity index (χ2v) is 9.37. The lowest BCUT2D eigenvalue weighted by Gasteiger charge is -2.23. The van der Waals surface area contributed by atoms with Crippen LogP contribution in [0.4, 0.5) is 0 Å². The van der Waals surface area contributed by atoms with Crippen molar-refractivity contribution < 1.29 is 22.7 Å². The Kier molecular flexibility index (Phi) is 5.15. The SMILES string of the molecule is COC1COc2c(S(=O)(=O)CC(=O)Cc3c(Cl)cnc4c3CCC4)cnn2C1. The number of ketones is 1. The maximum absolute atomic E-state index is 12.8. The Morgan fingerprint density at radius 3 is 3.00 bits per heavy atom. The van der Waals surface area contributed by atoms with Crippen LogP contribution in [0.5, 0.6) is 5.88 Å². The van der Waals surface area contributed by atoms with Crippen LogP contribution in [0.3, 0.4) is 0 Å². The molecule has 4 rings (SSSR count). The number of fused-ring (bicyclic) bond motifs is 2. The van der Waals surface area contributed by atoms with E-state index in [0.717, 1.165) is 30.5 Å². The number of ether oxygens (including phenoxy) is 2. The van der Waals surface area contributed by atoms with E-state index in [1.165, 1.54) is 17.1 Å². The first-order valence-corrected chi connectivity index (χ1v) is 11.0. The third kappa shape index (κ3) is 3.54. The van der Waals surface area contributed by atoms with E-state index >= 15 is 0 Å². The molecule has 2 aromatic heterocycles.